The molecule has 3 rings (SSSR count). The highest BCUT2D eigenvalue weighted by Gasteiger charge is 2.28. The van der Waals surface area contributed by atoms with Gasteiger partial charge in [0.1, 0.15) is 13.2 Å². The van der Waals surface area contributed by atoms with Crippen LogP contribution in [-0.2, 0) is 9.47 Å². The standard InChI is InChI=1S/C16H22N2O3/c1-9(2)11-7-19-15(17-11)13-5-6-14(21-13)16-18-12(8-20-16)10(3)4/h5-6,9-12H,7-8H2,1-4H3/t11-,12-/m1/s1. The molecular weight excluding hydrogens is 268 g/mol. The van der Waals surface area contributed by atoms with E-state index in [0.29, 0.717) is 48.4 Å². The van der Waals surface area contributed by atoms with Crippen molar-refractivity contribution in [3.63, 3.8) is 0 Å². The average Bonchev–Trinajstić information content (AvgIpc) is 3.18. The highest BCUT2D eigenvalue weighted by molar-refractivity contribution is 5.96. The molecule has 0 aliphatic carbocycles. The summed E-state index contributed by atoms with van der Waals surface area (Å²) < 4.78 is 17.0. The lowest BCUT2D eigenvalue weighted by Gasteiger charge is -2.06. The quantitative estimate of drug-likeness (QED) is 0.856. The fraction of sp³-hybridized carbons (Fsp3) is 0.625. The third kappa shape index (κ3) is 2.82. The number of nitrogens with zero attached hydrogens (tertiary/aromatic N) is 2. The number of hydrogen-bond donors (Lipinski definition) is 0. The van der Waals surface area contributed by atoms with Gasteiger partial charge >= 0.3 is 0 Å². The second-order valence-corrected chi connectivity index (χ2v) is 6.28. The molecule has 2 aliphatic heterocycles. The lowest BCUT2D eigenvalue weighted by Crippen LogP contribution is -2.13. The van der Waals surface area contributed by atoms with Crippen LogP contribution in [0.2, 0.25) is 0 Å². The Bertz CT molecular complexity index is 523. The van der Waals surface area contributed by atoms with Crippen LogP contribution in [-0.4, -0.2) is 37.1 Å². The molecule has 1 aromatic heterocycles. The second-order valence-electron chi connectivity index (χ2n) is 6.28. The topological polar surface area (TPSA) is 56.3 Å². The van der Waals surface area contributed by atoms with Crippen LogP contribution in [0.3, 0.4) is 0 Å². The average molecular weight is 290 g/mol. The van der Waals surface area contributed by atoms with Crippen LogP contribution in [0.4, 0.5) is 0 Å². The number of furan rings is 1. The molecule has 0 fully saturated rings. The molecule has 0 N–H and O–H groups in total. The molecule has 0 aromatic carbocycles. The number of ether oxygens (including phenoxy) is 2. The molecule has 5 heteroatoms. The minimum absolute atomic E-state index is 0.207. The van der Waals surface area contributed by atoms with E-state index in [1.165, 1.54) is 0 Å². The Kier molecular flexibility index (Phi) is 3.74. The first-order valence-corrected chi connectivity index (χ1v) is 7.56. The molecule has 3 heterocycles. The second kappa shape index (κ2) is 5.54. The number of hydrogen-bond acceptors (Lipinski definition) is 5. The minimum Gasteiger partial charge on any atom is -0.473 e. The highest BCUT2D eigenvalue weighted by Crippen LogP contribution is 2.22. The van der Waals surface area contributed by atoms with Gasteiger partial charge in [-0.25, -0.2) is 9.98 Å². The zero-order valence-electron chi connectivity index (χ0n) is 13.0. The summed E-state index contributed by atoms with van der Waals surface area (Å²) in [6.45, 7) is 9.80. The van der Waals surface area contributed by atoms with Gasteiger partial charge in [-0.2, -0.15) is 0 Å². The van der Waals surface area contributed by atoms with E-state index in [1.807, 2.05) is 12.1 Å². The van der Waals surface area contributed by atoms with Crippen molar-refractivity contribution in [3.8, 4) is 0 Å². The maximum atomic E-state index is 5.80. The Morgan fingerprint density at radius 2 is 1.29 bits per heavy atom. The Labute approximate surface area is 125 Å². The Balaban J connectivity index is 1.76. The van der Waals surface area contributed by atoms with Crippen molar-refractivity contribution in [2.45, 2.75) is 39.8 Å². The van der Waals surface area contributed by atoms with Gasteiger partial charge in [0, 0.05) is 0 Å². The first kappa shape index (κ1) is 14.2. The monoisotopic (exact) mass is 290 g/mol. The highest BCUT2D eigenvalue weighted by atomic mass is 16.5. The van der Waals surface area contributed by atoms with E-state index < -0.39 is 0 Å². The van der Waals surface area contributed by atoms with Crippen LogP contribution in [0.1, 0.15) is 39.2 Å². The lowest BCUT2D eigenvalue weighted by atomic mass is 10.1. The summed E-state index contributed by atoms with van der Waals surface area (Å²) in [6, 6.07) is 4.15. The smallest absolute Gasteiger partial charge is 0.253 e. The minimum atomic E-state index is 0.207. The predicted octanol–water partition coefficient (Wildman–Crippen LogP) is 2.88. The van der Waals surface area contributed by atoms with Crippen molar-refractivity contribution in [2.75, 3.05) is 13.2 Å². The van der Waals surface area contributed by atoms with Crippen LogP contribution in [0, 0.1) is 11.8 Å². The van der Waals surface area contributed by atoms with E-state index in [-0.39, 0.29) is 12.1 Å². The van der Waals surface area contributed by atoms with Gasteiger partial charge in [-0.05, 0) is 24.0 Å². The molecule has 5 nitrogen and oxygen atoms in total. The maximum Gasteiger partial charge on any atom is 0.253 e. The summed E-state index contributed by atoms with van der Waals surface area (Å²) in [5.41, 5.74) is 0. The van der Waals surface area contributed by atoms with Crippen molar-refractivity contribution in [1.82, 2.24) is 0 Å². The fourth-order valence-corrected chi connectivity index (χ4v) is 2.30. The van der Waals surface area contributed by atoms with Gasteiger partial charge in [0.05, 0.1) is 12.1 Å². The summed E-state index contributed by atoms with van der Waals surface area (Å²) >= 11 is 0. The largest absolute Gasteiger partial charge is 0.473 e. The zero-order valence-corrected chi connectivity index (χ0v) is 13.0. The summed E-state index contributed by atoms with van der Waals surface area (Å²) in [4.78, 5) is 9.12. The van der Waals surface area contributed by atoms with Gasteiger partial charge < -0.3 is 13.9 Å². The molecule has 2 aliphatic rings. The molecule has 0 bridgehead atoms. The molecule has 0 saturated heterocycles. The van der Waals surface area contributed by atoms with E-state index in [1.54, 1.807) is 0 Å². The van der Waals surface area contributed by atoms with Gasteiger partial charge in [0.15, 0.2) is 11.5 Å². The first-order chi connectivity index (χ1) is 10.0. The molecule has 0 saturated carbocycles. The van der Waals surface area contributed by atoms with Crippen LogP contribution in [0.25, 0.3) is 0 Å². The molecule has 114 valence electrons. The molecule has 0 unspecified atom stereocenters. The summed E-state index contributed by atoms with van der Waals surface area (Å²) in [6.07, 6.45) is 0. The number of rotatable bonds is 4. The van der Waals surface area contributed by atoms with Crippen molar-refractivity contribution in [2.24, 2.45) is 21.8 Å². The third-order valence-electron chi connectivity index (χ3n) is 3.91. The molecule has 21 heavy (non-hydrogen) atoms. The van der Waals surface area contributed by atoms with Crippen molar-refractivity contribution in [3.05, 3.63) is 23.7 Å². The van der Waals surface area contributed by atoms with E-state index in [9.17, 15) is 0 Å². The summed E-state index contributed by atoms with van der Waals surface area (Å²) in [5.74, 6) is 3.38. The first-order valence-electron chi connectivity index (χ1n) is 7.56. The Morgan fingerprint density at radius 1 is 0.857 bits per heavy atom. The number of aliphatic imine (C=N–C) groups is 2. The van der Waals surface area contributed by atoms with Crippen LogP contribution < -0.4 is 0 Å². The van der Waals surface area contributed by atoms with Gasteiger partial charge in [-0.15, -0.1) is 0 Å². The normalized spacial score (nSPS) is 25.0. The molecular formula is C16H22N2O3. The Morgan fingerprint density at radius 3 is 1.62 bits per heavy atom. The molecule has 2 atom stereocenters. The van der Waals surface area contributed by atoms with E-state index in [4.69, 9.17) is 13.9 Å². The van der Waals surface area contributed by atoms with Gasteiger partial charge in [0.25, 0.3) is 11.8 Å². The summed E-state index contributed by atoms with van der Waals surface area (Å²) in [7, 11) is 0. The zero-order chi connectivity index (χ0) is 15.0. The van der Waals surface area contributed by atoms with Crippen LogP contribution in [0.5, 0.6) is 0 Å². The molecule has 0 spiro atoms. The van der Waals surface area contributed by atoms with Gasteiger partial charge in [0.2, 0.25) is 0 Å². The predicted molar refractivity (Wildman–Crippen MR) is 80.9 cm³/mol. The maximum absolute atomic E-state index is 5.80. The van der Waals surface area contributed by atoms with Gasteiger partial charge in [-0.1, -0.05) is 27.7 Å². The Hall–Kier alpha value is -1.78. The van der Waals surface area contributed by atoms with E-state index in [0.717, 1.165) is 0 Å². The summed E-state index contributed by atoms with van der Waals surface area (Å²) in [5, 5.41) is 0. The lowest BCUT2D eigenvalue weighted by molar-refractivity contribution is 0.282. The van der Waals surface area contributed by atoms with Crippen molar-refractivity contribution in [1.29, 1.82) is 0 Å². The SMILES string of the molecule is CC(C)[C@H]1COC(c2ccc(C3=N[C@@H](C(C)C)CO3)o2)=N1. The van der Waals surface area contributed by atoms with Gasteiger partial charge in [-0.3, -0.25) is 0 Å². The van der Waals surface area contributed by atoms with Crippen LogP contribution >= 0.6 is 0 Å². The third-order valence-corrected chi connectivity index (χ3v) is 3.91. The van der Waals surface area contributed by atoms with E-state index in [2.05, 4.69) is 37.7 Å². The fourth-order valence-electron chi connectivity index (χ4n) is 2.30. The molecule has 0 amide bonds. The molecule has 0 radical (unpaired) electrons. The van der Waals surface area contributed by atoms with Crippen LogP contribution in [0.15, 0.2) is 26.5 Å². The van der Waals surface area contributed by atoms with Crippen molar-refractivity contribution >= 4 is 11.8 Å². The molecule has 1 aromatic rings. The van der Waals surface area contributed by atoms with E-state index >= 15 is 0 Å². The van der Waals surface area contributed by atoms with Crippen molar-refractivity contribution < 1.29 is 13.9 Å².